The molecule has 0 atom stereocenters. The lowest BCUT2D eigenvalue weighted by Gasteiger charge is -2.13. The van der Waals surface area contributed by atoms with Gasteiger partial charge in [-0.05, 0) is 31.3 Å². The summed E-state index contributed by atoms with van der Waals surface area (Å²) in [6.45, 7) is 4.70. The summed E-state index contributed by atoms with van der Waals surface area (Å²) in [6.07, 6.45) is -4.34. The van der Waals surface area contributed by atoms with E-state index in [0.717, 1.165) is 6.07 Å². The van der Waals surface area contributed by atoms with E-state index in [1.165, 1.54) is 13.0 Å². The minimum absolute atomic E-state index is 0.143. The molecule has 0 fully saturated rings. The molecular formula is C10H11F3N2. The number of aliphatic imine (C=N–C) groups is 1. The summed E-state index contributed by atoms with van der Waals surface area (Å²) in [5, 5.41) is 2.65. The minimum atomic E-state index is -4.34. The largest absolute Gasteiger partial charge is 0.416 e. The zero-order valence-corrected chi connectivity index (χ0v) is 8.44. The van der Waals surface area contributed by atoms with E-state index in [9.17, 15) is 13.2 Å². The molecule has 15 heavy (non-hydrogen) atoms. The SMILES string of the molecule is C=Nc1cc(C)c(C(F)(F)F)cc1NC. The van der Waals surface area contributed by atoms with Crippen molar-refractivity contribution < 1.29 is 13.2 Å². The maximum absolute atomic E-state index is 12.5. The van der Waals surface area contributed by atoms with Gasteiger partial charge >= 0.3 is 6.18 Å². The fourth-order valence-electron chi connectivity index (χ4n) is 1.33. The third kappa shape index (κ3) is 2.29. The molecule has 5 heteroatoms. The van der Waals surface area contributed by atoms with Crippen molar-refractivity contribution in [2.45, 2.75) is 13.1 Å². The highest BCUT2D eigenvalue weighted by Crippen LogP contribution is 2.37. The number of benzene rings is 1. The number of halogens is 3. The number of nitrogens with zero attached hydrogens (tertiary/aromatic N) is 1. The maximum atomic E-state index is 12.5. The standard InChI is InChI=1S/C10H11F3N2/c1-6-4-8(14-2)9(15-3)5-7(6)10(11,12)13/h4-5,15H,2H2,1,3H3. The lowest BCUT2D eigenvalue weighted by molar-refractivity contribution is -0.138. The van der Waals surface area contributed by atoms with Gasteiger partial charge in [0, 0.05) is 7.05 Å². The highest BCUT2D eigenvalue weighted by atomic mass is 19.4. The summed E-state index contributed by atoms with van der Waals surface area (Å²) < 4.78 is 37.6. The van der Waals surface area contributed by atoms with Crippen molar-refractivity contribution in [2.75, 3.05) is 12.4 Å². The summed E-state index contributed by atoms with van der Waals surface area (Å²) >= 11 is 0. The van der Waals surface area contributed by atoms with Crippen LogP contribution in [0.1, 0.15) is 11.1 Å². The number of aryl methyl sites for hydroxylation is 1. The number of alkyl halides is 3. The van der Waals surface area contributed by atoms with Gasteiger partial charge in [0.05, 0.1) is 16.9 Å². The predicted molar refractivity (Wildman–Crippen MR) is 54.9 cm³/mol. The molecule has 0 radical (unpaired) electrons. The first-order chi connectivity index (χ1) is 6.90. The molecule has 0 amide bonds. The first-order valence-corrected chi connectivity index (χ1v) is 4.26. The number of anilines is 1. The van der Waals surface area contributed by atoms with Crippen LogP contribution in [0.15, 0.2) is 17.1 Å². The van der Waals surface area contributed by atoms with Gasteiger partial charge in [-0.1, -0.05) is 0 Å². The monoisotopic (exact) mass is 216 g/mol. The molecule has 0 aliphatic carbocycles. The summed E-state index contributed by atoms with van der Waals surface area (Å²) in [5.74, 6) is 0. The third-order valence-corrected chi connectivity index (χ3v) is 2.09. The Morgan fingerprint density at radius 2 is 1.93 bits per heavy atom. The second kappa shape index (κ2) is 3.92. The lowest BCUT2D eigenvalue weighted by atomic mass is 10.1. The highest BCUT2D eigenvalue weighted by molar-refractivity contribution is 5.70. The summed E-state index contributed by atoms with van der Waals surface area (Å²) in [5.41, 5.74) is 0.231. The van der Waals surface area contributed by atoms with E-state index in [-0.39, 0.29) is 5.56 Å². The summed E-state index contributed by atoms with van der Waals surface area (Å²) in [7, 11) is 1.54. The summed E-state index contributed by atoms with van der Waals surface area (Å²) in [4.78, 5) is 3.65. The zero-order chi connectivity index (χ0) is 11.6. The summed E-state index contributed by atoms with van der Waals surface area (Å²) in [6, 6.07) is 2.40. The van der Waals surface area contributed by atoms with Crippen molar-refractivity contribution in [2.24, 2.45) is 4.99 Å². The van der Waals surface area contributed by atoms with E-state index in [2.05, 4.69) is 17.0 Å². The molecular weight excluding hydrogens is 205 g/mol. The van der Waals surface area contributed by atoms with Crippen LogP contribution in [0.5, 0.6) is 0 Å². The minimum Gasteiger partial charge on any atom is -0.386 e. The average molecular weight is 216 g/mol. The number of hydrogen-bond donors (Lipinski definition) is 1. The van der Waals surface area contributed by atoms with Gasteiger partial charge in [0.2, 0.25) is 0 Å². The van der Waals surface area contributed by atoms with Crippen molar-refractivity contribution in [1.29, 1.82) is 0 Å². The highest BCUT2D eigenvalue weighted by Gasteiger charge is 2.33. The van der Waals surface area contributed by atoms with Gasteiger partial charge in [-0.3, -0.25) is 4.99 Å². The molecule has 82 valence electrons. The Morgan fingerprint density at radius 3 is 2.33 bits per heavy atom. The van der Waals surface area contributed by atoms with E-state index in [1.54, 1.807) is 7.05 Å². The smallest absolute Gasteiger partial charge is 0.386 e. The Morgan fingerprint density at radius 1 is 1.33 bits per heavy atom. The van der Waals surface area contributed by atoms with Crippen molar-refractivity contribution >= 4 is 18.1 Å². The van der Waals surface area contributed by atoms with Gasteiger partial charge in [0.15, 0.2) is 0 Å². The first kappa shape index (κ1) is 11.6. The third-order valence-electron chi connectivity index (χ3n) is 2.09. The van der Waals surface area contributed by atoms with E-state index in [4.69, 9.17) is 0 Å². The normalized spacial score (nSPS) is 11.3. The van der Waals surface area contributed by atoms with Crippen LogP contribution in [0, 0.1) is 6.92 Å². The van der Waals surface area contributed by atoms with Gasteiger partial charge in [0.1, 0.15) is 0 Å². The molecule has 0 spiro atoms. The Kier molecular flexibility index (Phi) is 3.02. The van der Waals surface area contributed by atoms with E-state index in [1.807, 2.05) is 0 Å². The molecule has 0 unspecified atom stereocenters. The zero-order valence-electron chi connectivity index (χ0n) is 8.44. The molecule has 1 N–H and O–H groups in total. The Bertz CT molecular complexity index is 383. The Labute approximate surface area is 85.8 Å². The second-order valence-corrected chi connectivity index (χ2v) is 3.09. The fourth-order valence-corrected chi connectivity index (χ4v) is 1.33. The van der Waals surface area contributed by atoms with Crippen molar-refractivity contribution in [3.63, 3.8) is 0 Å². The van der Waals surface area contributed by atoms with Gasteiger partial charge in [-0.2, -0.15) is 13.2 Å². The first-order valence-electron chi connectivity index (χ1n) is 4.26. The van der Waals surface area contributed by atoms with Crippen LogP contribution in [0.2, 0.25) is 0 Å². The number of nitrogens with one attached hydrogen (secondary N) is 1. The molecule has 0 bridgehead atoms. The van der Waals surface area contributed by atoms with Crippen LogP contribution >= 0.6 is 0 Å². The van der Waals surface area contributed by atoms with Gasteiger partial charge < -0.3 is 5.32 Å². The van der Waals surface area contributed by atoms with Crippen LogP contribution in [-0.4, -0.2) is 13.8 Å². The molecule has 0 aliphatic heterocycles. The van der Waals surface area contributed by atoms with Crippen LogP contribution < -0.4 is 5.32 Å². The molecule has 0 saturated carbocycles. The molecule has 0 saturated heterocycles. The van der Waals surface area contributed by atoms with Gasteiger partial charge in [-0.25, -0.2) is 0 Å². The molecule has 1 rings (SSSR count). The fraction of sp³-hybridized carbons (Fsp3) is 0.300. The quantitative estimate of drug-likeness (QED) is 0.753. The Balaban J connectivity index is 3.39. The second-order valence-electron chi connectivity index (χ2n) is 3.09. The van der Waals surface area contributed by atoms with Crippen molar-refractivity contribution in [3.8, 4) is 0 Å². The molecule has 1 aromatic rings. The molecule has 2 nitrogen and oxygen atoms in total. The number of rotatable bonds is 2. The van der Waals surface area contributed by atoms with Crippen LogP contribution in [-0.2, 0) is 6.18 Å². The molecule has 1 aromatic carbocycles. The Hall–Kier alpha value is -1.52. The molecule has 0 heterocycles. The van der Waals surface area contributed by atoms with Crippen molar-refractivity contribution in [3.05, 3.63) is 23.3 Å². The van der Waals surface area contributed by atoms with E-state index < -0.39 is 11.7 Å². The van der Waals surface area contributed by atoms with Crippen molar-refractivity contribution in [1.82, 2.24) is 0 Å². The molecule has 0 aromatic heterocycles. The maximum Gasteiger partial charge on any atom is 0.416 e. The number of hydrogen-bond acceptors (Lipinski definition) is 2. The van der Waals surface area contributed by atoms with Crippen LogP contribution in [0.3, 0.4) is 0 Å². The van der Waals surface area contributed by atoms with E-state index >= 15 is 0 Å². The predicted octanol–water partition coefficient (Wildman–Crippen LogP) is 3.39. The van der Waals surface area contributed by atoms with Gasteiger partial charge in [-0.15, -0.1) is 0 Å². The lowest BCUT2D eigenvalue weighted by Crippen LogP contribution is -2.08. The average Bonchev–Trinajstić information content (AvgIpc) is 2.15. The molecule has 0 aliphatic rings. The topological polar surface area (TPSA) is 24.4 Å². The van der Waals surface area contributed by atoms with E-state index in [0.29, 0.717) is 11.4 Å². The van der Waals surface area contributed by atoms with Gasteiger partial charge in [0.25, 0.3) is 0 Å². The van der Waals surface area contributed by atoms with Crippen LogP contribution in [0.25, 0.3) is 0 Å². The van der Waals surface area contributed by atoms with Crippen LogP contribution in [0.4, 0.5) is 24.5 Å².